The van der Waals surface area contributed by atoms with Crippen molar-refractivity contribution >= 4 is 22.6 Å². The quantitative estimate of drug-likeness (QED) is 0.656. The molecule has 0 saturated carbocycles. The molecule has 0 amide bonds. The molecule has 0 radical (unpaired) electrons. The zero-order valence-electron chi connectivity index (χ0n) is 7.65. The summed E-state index contributed by atoms with van der Waals surface area (Å²) in [5.74, 6) is 0. The molecule has 0 aliphatic carbocycles. The van der Waals surface area contributed by atoms with Crippen LogP contribution in [0.3, 0.4) is 0 Å². The van der Waals surface area contributed by atoms with E-state index in [-0.39, 0.29) is 15.7 Å². The third-order valence-electron chi connectivity index (χ3n) is 1.80. The molecule has 1 aromatic rings. The van der Waals surface area contributed by atoms with Crippen molar-refractivity contribution < 1.29 is 22.0 Å². The van der Waals surface area contributed by atoms with Crippen molar-refractivity contribution in [3.63, 3.8) is 0 Å². The van der Waals surface area contributed by atoms with E-state index in [9.17, 15) is 22.0 Å². The third-order valence-corrected chi connectivity index (χ3v) is 2.77. The summed E-state index contributed by atoms with van der Waals surface area (Å²) < 4.78 is 61.9. The highest BCUT2D eigenvalue weighted by molar-refractivity contribution is 14.1. The summed E-state index contributed by atoms with van der Waals surface area (Å²) >= 11 is 1.53. The summed E-state index contributed by atoms with van der Waals surface area (Å²) in [6, 6.07) is 0.703. The fraction of sp³-hybridized carbons (Fsp3) is 0.375. The van der Waals surface area contributed by atoms with Gasteiger partial charge in [-0.3, -0.25) is 0 Å². The summed E-state index contributed by atoms with van der Waals surface area (Å²) in [6.45, 7) is -0.275. The Balaban J connectivity index is 3.40. The molecule has 0 unspecified atom stereocenters. The maximum atomic E-state index is 12.5. The maximum Gasteiger partial charge on any atom is 0.433 e. The average molecular weight is 352 g/mol. The zero-order chi connectivity index (χ0) is 12.5. The van der Waals surface area contributed by atoms with Gasteiger partial charge in [-0.2, -0.15) is 13.2 Å². The van der Waals surface area contributed by atoms with Gasteiger partial charge in [0.25, 0.3) is 6.43 Å². The van der Waals surface area contributed by atoms with Gasteiger partial charge in [0.1, 0.15) is 11.4 Å². The van der Waals surface area contributed by atoms with Gasteiger partial charge in [-0.05, 0) is 28.7 Å². The van der Waals surface area contributed by atoms with Crippen LogP contribution in [0.5, 0.6) is 0 Å². The maximum absolute atomic E-state index is 12.5. The molecule has 90 valence electrons. The molecule has 0 aliphatic heterocycles. The molecular formula is C8H6F5IN2. The predicted molar refractivity (Wildman–Crippen MR) is 54.8 cm³/mol. The SMILES string of the molecule is NCc1c(I)cc(C(F)(F)F)nc1C(F)F. The molecule has 2 nitrogen and oxygen atoms in total. The van der Waals surface area contributed by atoms with Crippen molar-refractivity contribution in [3.8, 4) is 0 Å². The van der Waals surface area contributed by atoms with Crippen LogP contribution in [0.25, 0.3) is 0 Å². The second kappa shape index (κ2) is 4.78. The number of hydrogen-bond acceptors (Lipinski definition) is 2. The largest absolute Gasteiger partial charge is 0.433 e. The van der Waals surface area contributed by atoms with E-state index in [4.69, 9.17) is 5.73 Å². The van der Waals surface area contributed by atoms with E-state index in [0.717, 1.165) is 0 Å². The van der Waals surface area contributed by atoms with Crippen LogP contribution in [0.2, 0.25) is 0 Å². The Morgan fingerprint density at radius 2 is 1.94 bits per heavy atom. The van der Waals surface area contributed by atoms with Crippen molar-refractivity contribution in [1.82, 2.24) is 4.98 Å². The van der Waals surface area contributed by atoms with Crippen molar-refractivity contribution in [2.45, 2.75) is 19.1 Å². The minimum atomic E-state index is -4.74. The van der Waals surface area contributed by atoms with Gasteiger partial charge in [0, 0.05) is 15.7 Å². The van der Waals surface area contributed by atoms with Gasteiger partial charge in [-0.1, -0.05) is 0 Å². The highest BCUT2D eigenvalue weighted by atomic mass is 127. The number of aromatic nitrogens is 1. The van der Waals surface area contributed by atoms with Crippen molar-refractivity contribution in [2.24, 2.45) is 5.73 Å². The fourth-order valence-corrected chi connectivity index (χ4v) is 1.88. The lowest BCUT2D eigenvalue weighted by atomic mass is 10.1. The molecule has 16 heavy (non-hydrogen) atoms. The van der Waals surface area contributed by atoms with E-state index in [2.05, 4.69) is 4.98 Å². The first-order valence-corrected chi connectivity index (χ1v) is 5.10. The van der Waals surface area contributed by atoms with Crippen LogP contribution < -0.4 is 5.73 Å². The molecule has 0 saturated heterocycles. The van der Waals surface area contributed by atoms with E-state index in [0.29, 0.717) is 6.07 Å². The first-order valence-electron chi connectivity index (χ1n) is 4.02. The number of hydrogen-bond donors (Lipinski definition) is 1. The smallest absolute Gasteiger partial charge is 0.326 e. The Morgan fingerprint density at radius 1 is 1.38 bits per heavy atom. The van der Waals surface area contributed by atoms with E-state index in [1.807, 2.05) is 0 Å². The van der Waals surface area contributed by atoms with Crippen LogP contribution in [0, 0.1) is 3.57 Å². The number of rotatable bonds is 2. The summed E-state index contributed by atoms with van der Waals surface area (Å²) in [5, 5.41) is 0. The molecule has 0 aromatic carbocycles. The Bertz CT molecular complexity index is 391. The normalized spacial score (nSPS) is 12.2. The number of alkyl halides is 5. The van der Waals surface area contributed by atoms with Gasteiger partial charge < -0.3 is 5.73 Å². The predicted octanol–water partition coefficient (Wildman–Crippen LogP) is 3.10. The summed E-state index contributed by atoms with van der Waals surface area (Å²) in [6.07, 6.45) is -7.81. The molecule has 1 heterocycles. The van der Waals surface area contributed by atoms with Gasteiger partial charge >= 0.3 is 6.18 Å². The molecule has 8 heteroatoms. The molecule has 0 bridgehead atoms. The van der Waals surface area contributed by atoms with E-state index in [1.54, 1.807) is 0 Å². The molecule has 2 N–H and O–H groups in total. The monoisotopic (exact) mass is 352 g/mol. The lowest BCUT2D eigenvalue weighted by Crippen LogP contribution is -2.14. The molecular weight excluding hydrogens is 346 g/mol. The number of pyridine rings is 1. The summed E-state index contributed by atoms with van der Waals surface area (Å²) in [4.78, 5) is 2.92. The van der Waals surface area contributed by atoms with Gasteiger partial charge in [-0.25, -0.2) is 13.8 Å². The molecule has 0 spiro atoms. The van der Waals surface area contributed by atoms with Gasteiger partial charge in [0.15, 0.2) is 0 Å². The number of nitrogens with zero attached hydrogens (tertiary/aromatic N) is 1. The van der Waals surface area contributed by atoms with Gasteiger partial charge in [0.2, 0.25) is 0 Å². The van der Waals surface area contributed by atoms with E-state index in [1.165, 1.54) is 22.6 Å². The first kappa shape index (κ1) is 13.6. The zero-order valence-corrected chi connectivity index (χ0v) is 9.81. The highest BCUT2D eigenvalue weighted by Gasteiger charge is 2.34. The number of nitrogens with two attached hydrogens (primary N) is 1. The molecule has 0 fully saturated rings. The average Bonchev–Trinajstić information content (AvgIpc) is 2.14. The van der Waals surface area contributed by atoms with E-state index >= 15 is 0 Å². The standard InChI is InChI=1S/C8H6F5IN2/c9-7(10)6-3(2-15)4(14)1-5(16-6)8(11,12)13/h1,7H,2,15H2. The van der Waals surface area contributed by atoms with Crippen LogP contribution in [-0.2, 0) is 12.7 Å². The first-order chi connectivity index (χ1) is 7.27. The summed E-state index contributed by atoms with van der Waals surface area (Å²) in [5.41, 5.74) is 2.91. The Hall–Kier alpha value is -0.510. The fourth-order valence-electron chi connectivity index (χ4n) is 1.09. The minimum Gasteiger partial charge on any atom is -0.326 e. The van der Waals surface area contributed by atoms with Crippen LogP contribution >= 0.6 is 22.6 Å². The number of halogens is 6. The Kier molecular flexibility index (Phi) is 4.05. The van der Waals surface area contributed by atoms with Crippen molar-refractivity contribution in [2.75, 3.05) is 0 Å². The van der Waals surface area contributed by atoms with Gasteiger partial charge in [0.05, 0.1) is 0 Å². The van der Waals surface area contributed by atoms with E-state index < -0.39 is 24.0 Å². The second-order valence-electron chi connectivity index (χ2n) is 2.86. The molecule has 0 atom stereocenters. The van der Waals surface area contributed by atoms with Crippen molar-refractivity contribution in [3.05, 3.63) is 26.6 Å². The second-order valence-corrected chi connectivity index (χ2v) is 4.02. The van der Waals surface area contributed by atoms with Crippen LogP contribution in [-0.4, -0.2) is 4.98 Å². The molecule has 1 rings (SSSR count). The minimum absolute atomic E-state index is 0.0396. The van der Waals surface area contributed by atoms with Gasteiger partial charge in [-0.15, -0.1) is 0 Å². The summed E-state index contributed by atoms with van der Waals surface area (Å²) in [7, 11) is 0. The third kappa shape index (κ3) is 2.78. The Labute approximate surface area is 101 Å². The van der Waals surface area contributed by atoms with Crippen LogP contribution in [0.15, 0.2) is 6.07 Å². The Morgan fingerprint density at radius 3 is 2.31 bits per heavy atom. The lowest BCUT2D eigenvalue weighted by Gasteiger charge is -2.13. The molecule has 1 aromatic heterocycles. The lowest BCUT2D eigenvalue weighted by molar-refractivity contribution is -0.141. The molecule has 0 aliphatic rings. The van der Waals surface area contributed by atoms with Crippen LogP contribution in [0.4, 0.5) is 22.0 Å². The highest BCUT2D eigenvalue weighted by Crippen LogP contribution is 2.33. The van der Waals surface area contributed by atoms with Crippen LogP contribution in [0.1, 0.15) is 23.4 Å². The topological polar surface area (TPSA) is 38.9 Å². The van der Waals surface area contributed by atoms with Crippen molar-refractivity contribution in [1.29, 1.82) is 0 Å².